The van der Waals surface area contributed by atoms with Gasteiger partial charge in [0.25, 0.3) is 11.8 Å². The molecule has 0 saturated carbocycles. The molecule has 2 rings (SSSR count). The smallest absolute Gasteiger partial charge is 0.273 e. The Balaban J connectivity index is 2.03. The molecule has 0 unspecified atom stereocenters. The molecule has 0 aromatic carbocycles. The highest BCUT2D eigenvalue weighted by Crippen LogP contribution is 2.20. The fourth-order valence-electron chi connectivity index (χ4n) is 1.68. The van der Waals surface area contributed by atoms with E-state index in [-0.39, 0.29) is 23.5 Å². The van der Waals surface area contributed by atoms with Gasteiger partial charge in [0, 0.05) is 0 Å². The van der Waals surface area contributed by atoms with Crippen LogP contribution in [0.4, 0.5) is 5.82 Å². The number of aromatic amines is 1. The minimum absolute atomic E-state index is 0.0330. The predicted molar refractivity (Wildman–Crippen MR) is 57.1 cm³/mol. The van der Waals surface area contributed by atoms with E-state index >= 15 is 0 Å². The molecular weight excluding hydrogens is 226 g/mol. The maximum Gasteiger partial charge on any atom is 0.273 e. The van der Waals surface area contributed by atoms with E-state index in [0.29, 0.717) is 6.42 Å². The second-order valence-electron chi connectivity index (χ2n) is 3.89. The van der Waals surface area contributed by atoms with Crippen LogP contribution >= 0.6 is 0 Å². The molecule has 0 bridgehead atoms. The molecular formula is C9H13N5O3. The standard InChI is InChI=1S/C9H13N5O3/c1-4-2-3-5(17-4)9(16)11-8-6(7(10)15)12-14-13-8/h4-5H,2-3H2,1H3,(H2,10,15)(H2,11,12,13,14,16)/t4-,5-/m0/s1. The highest BCUT2D eigenvalue weighted by molar-refractivity contribution is 6.01. The third-order valence-electron chi connectivity index (χ3n) is 2.55. The first-order valence-electron chi connectivity index (χ1n) is 5.25. The van der Waals surface area contributed by atoms with E-state index in [1.54, 1.807) is 0 Å². The normalized spacial score (nSPS) is 23.6. The molecule has 0 radical (unpaired) electrons. The maximum atomic E-state index is 11.8. The van der Waals surface area contributed by atoms with Crippen LogP contribution in [0.5, 0.6) is 0 Å². The number of hydrogen-bond donors (Lipinski definition) is 3. The Hall–Kier alpha value is -1.96. The third kappa shape index (κ3) is 2.41. The van der Waals surface area contributed by atoms with Gasteiger partial charge in [0.15, 0.2) is 11.5 Å². The molecule has 2 amide bonds. The average Bonchev–Trinajstić information content (AvgIpc) is 2.86. The summed E-state index contributed by atoms with van der Waals surface area (Å²) in [5.41, 5.74) is 4.97. The Morgan fingerprint density at radius 1 is 1.47 bits per heavy atom. The molecule has 17 heavy (non-hydrogen) atoms. The fraction of sp³-hybridized carbons (Fsp3) is 0.556. The van der Waals surface area contributed by atoms with Gasteiger partial charge in [-0.05, 0) is 19.8 Å². The van der Waals surface area contributed by atoms with Crippen LogP contribution in [0.15, 0.2) is 0 Å². The van der Waals surface area contributed by atoms with Crippen molar-refractivity contribution in [3.05, 3.63) is 5.69 Å². The van der Waals surface area contributed by atoms with Crippen LogP contribution < -0.4 is 11.1 Å². The molecule has 0 aliphatic carbocycles. The van der Waals surface area contributed by atoms with Gasteiger partial charge in [0.2, 0.25) is 0 Å². The van der Waals surface area contributed by atoms with E-state index in [0.717, 1.165) is 6.42 Å². The predicted octanol–water partition coefficient (Wildman–Crippen LogP) is -0.590. The molecule has 1 aromatic heterocycles. The van der Waals surface area contributed by atoms with Gasteiger partial charge >= 0.3 is 0 Å². The topological polar surface area (TPSA) is 123 Å². The highest BCUT2D eigenvalue weighted by atomic mass is 16.5. The number of nitrogens with one attached hydrogen (secondary N) is 2. The number of primary amides is 1. The summed E-state index contributed by atoms with van der Waals surface area (Å²) in [6.45, 7) is 1.90. The van der Waals surface area contributed by atoms with E-state index < -0.39 is 12.0 Å². The fourth-order valence-corrected chi connectivity index (χ4v) is 1.68. The Morgan fingerprint density at radius 3 is 2.82 bits per heavy atom. The Kier molecular flexibility index (Phi) is 3.05. The number of rotatable bonds is 3. The summed E-state index contributed by atoms with van der Waals surface area (Å²) in [4.78, 5) is 22.7. The summed E-state index contributed by atoms with van der Waals surface area (Å²) in [7, 11) is 0. The first-order valence-corrected chi connectivity index (χ1v) is 5.25. The molecule has 0 spiro atoms. The van der Waals surface area contributed by atoms with Crippen LogP contribution in [0, 0.1) is 0 Å². The number of anilines is 1. The van der Waals surface area contributed by atoms with Crippen LogP contribution in [0.25, 0.3) is 0 Å². The zero-order valence-electron chi connectivity index (χ0n) is 9.27. The number of nitrogens with two attached hydrogens (primary N) is 1. The minimum atomic E-state index is -0.755. The first kappa shape index (κ1) is 11.5. The molecule has 1 saturated heterocycles. The number of nitrogens with zero attached hydrogens (tertiary/aromatic N) is 2. The Morgan fingerprint density at radius 2 is 2.24 bits per heavy atom. The molecule has 4 N–H and O–H groups in total. The van der Waals surface area contributed by atoms with Crippen molar-refractivity contribution in [2.24, 2.45) is 5.73 Å². The van der Waals surface area contributed by atoms with E-state index in [1.807, 2.05) is 6.92 Å². The van der Waals surface area contributed by atoms with Crippen molar-refractivity contribution in [2.75, 3.05) is 5.32 Å². The average molecular weight is 239 g/mol. The lowest BCUT2D eigenvalue weighted by Gasteiger charge is -2.10. The van der Waals surface area contributed by atoms with Gasteiger partial charge < -0.3 is 15.8 Å². The SMILES string of the molecule is C[C@H]1CC[C@@H](C(=O)Nc2n[nH]nc2C(N)=O)O1. The summed E-state index contributed by atoms with van der Waals surface area (Å²) in [5.74, 6) is -1.06. The van der Waals surface area contributed by atoms with E-state index in [9.17, 15) is 9.59 Å². The molecule has 1 aliphatic rings. The summed E-state index contributed by atoms with van der Waals surface area (Å²) < 4.78 is 5.39. The van der Waals surface area contributed by atoms with Crippen LogP contribution in [0.2, 0.25) is 0 Å². The zero-order valence-corrected chi connectivity index (χ0v) is 9.27. The molecule has 1 aromatic rings. The number of aromatic nitrogens is 3. The van der Waals surface area contributed by atoms with Gasteiger partial charge in [-0.25, -0.2) is 0 Å². The van der Waals surface area contributed by atoms with Crippen molar-refractivity contribution in [2.45, 2.75) is 32.0 Å². The molecule has 1 fully saturated rings. The van der Waals surface area contributed by atoms with Crippen LogP contribution in [-0.2, 0) is 9.53 Å². The largest absolute Gasteiger partial charge is 0.365 e. The number of hydrogen-bond acceptors (Lipinski definition) is 5. The second-order valence-corrected chi connectivity index (χ2v) is 3.89. The summed E-state index contributed by atoms with van der Waals surface area (Å²) in [5, 5.41) is 11.9. The van der Waals surface area contributed by atoms with Gasteiger partial charge in [-0.15, -0.1) is 10.2 Å². The molecule has 2 heterocycles. The van der Waals surface area contributed by atoms with E-state index in [1.165, 1.54) is 0 Å². The molecule has 92 valence electrons. The molecule has 2 atom stereocenters. The summed E-state index contributed by atoms with van der Waals surface area (Å²) in [6, 6.07) is 0. The Bertz CT molecular complexity index is 444. The summed E-state index contributed by atoms with van der Waals surface area (Å²) in [6.07, 6.45) is 1.04. The van der Waals surface area contributed by atoms with Crippen molar-refractivity contribution < 1.29 is 14.3 Å². The van der Waals surface area contributed by atoms with Crippen molar-refractivity contribution in [1.82, 2.24) is 15.4 Å². The molecule has 8 heteroatoms. The highest BCUT2D eigenvalue weighted by Gasteiger charge is 2.29. The van der Waals surface area contributed by atoms with Crippen LogP contribution in [0.3, 0.4) is 0 Å². The minimum Gasteiger partial charge on any atom is -0.365 e. The van der Waals surface area contributed by atoms with Crippen LogP contribution in [-0.4, -0.2) is 39.4 Å². The van der Waals surface area contributed by atoms with Crippen molar-refractivity contribution in [1.29, 1.82) is 0 Å². The number of carbonyl (C=O) groups excluding carboxylic acids is 2. The number of amides is 2. The maximum absolute atomic E-state index is 11.8. The van der Waals surface area contributed by atoms with Crippen molar-refractivity contribution >= 4 is 17.6 Å². The lowest BCUT2D eigenvalue weighted by molar-refractivity contribution is -0.126. The van der Waals surface area contributed by atoms with E-state index in [2.05, 4.69) is 20.7 Å². The molecule has 8 nitrogen and oxygen atoms in total. The second kappa shape index (κ2) is 4.50. The van der Waals surface area contributed by atoms with Gasteiger partial charge in [0.05, 0.1) is 6.10 Å². The van der Waals surface area contributed by atoms with E-state index in [4.69, 9.17) is 10.5 Å². The van der Waals surface area contributed by atoms with Gasteiger partial charge in [-0.1, -0.05) is 0 Å². The first-order chi connectivity index (χ1) is 8.08. The van der Waals surface area contributed by atoms with Gasteiger partial charge in [-0.3, -0.25) is 9.59 Å². The lowest BCUT2D eigenvalue weighted by atomic mass is 10.2. The molecule has 1 aliphatic heterocycles. The third-order valence-corrected chi connectivity index (χ3v) is 2.55. The lowest BCUT2D eigenvalue weighted by Crippen LogP contribution is -2.29. The van der Waals surface area contributed by atoms with Crippen molar-refractivity contribution in [3.8, 4) is 0 Å². The number of ether oxygens (including phenoxy) is 1. The Labute approximate surface area is 96.9 Å². The van der Waals surface area contributed by atoms with Gasteiger partial charge in [-0.2, -0.15) is 5.21 Å². The summed E-state index contributed by atoms with van der Waals surface area (Å²) >= 11 is 0. The van der Waals surface area contributed by atoms with Crippen LogP contribution in [0.1, 0.15) is 30.3 Å². The number of carbonyl (C=O) groups is 2. The zero-order chi connectivity index (χ0) is 12.4. The number of H-pyrrole nitrogens is 1. The van der Waals surface area contributed by atoms with Gasteiger partial charge in [0.1, 0.15) is 6.10 Å². The monoisotopic (exact) mass is 239 g/mol. The quantitative estimate of drug-likeness (QED) is 0.650. The van der Waals surface area contributed by atoms with Crippen molar-refractivity contribution in [3.63, 3.8) is 0 Å².